The van der Waals surface area contributed by atoms with Crippen LogP contribution in [0.4, 0.5) is 0 Å². The predicted molar refractivity (Wildman–Crippen MR) is 70.4 cm³/mol. The molecule has 0 amide bonds. The number of nitrogens with one attached hydrogen (secondary N) is 1. The van der Waals surface area contributed by atoms with Crippen molar-refractivity contribution in [3.8, 4) is 18.2 Å². The van der Waals surface area contributed by atoms with Gasteiger partial charge >= 0.3 is 0 Å². The summed E-state index contributed by atoms with van der Waals surface area (Å²) in [6.45, 7) is 1.84. The van der Waals surface area contributed by atoms with Crippen molar-refractivity contribution in [2.75, 3.05) is 0 Å². The Morgan fingerprint density at radius 2 is 1.95 bits per heavy atom. The molecule has 4 atom stereocenters. The van der Waals surface area contributed by atoms with E-state index in [0.717, 1.165) is 12.8 Å². The average molecular weight is 284 g/mol. The number of hydrogen-bond acceptors (Lipinski definition) is 6. The van der Waals surface area contributed by atoms with Crippen LogP contribution in [-0.2, 0) is 9.47 Å². The van der Waals surface area contributed by atoms with E-state index >= 15 is 0 Å². The molecule has 4 rings (SSSR count). The van der Waals surface area contributed by atoms with Crippen molar-refractivity contribution in [1.29, 1.82) is 21.2 Å². The summed E-state index contributed by atoms with van der Waals surface area (Å²) in [5.41, 5.74) is -3.20. The normalized spacial score (nSPS) is 42.9. The smallest absolute Gasteiger partial charge is 0.217 e. The SMILES string of the molecule is CC[C@@H]1O[C@@]23CCCC[C@H]2C(C#N)(C#N)[C@@]1(C#N)C(=N)O3. The molecule has 6 heteroatoms. The van der Waals surface area contributed by atoms with Crippen molar-refractivity contribution >= 4 is 5.90 Å². The van der Waals surface area contributed by atoms with E-state index < -0.39 is 28.6 Å². The van der Waals surface area contributed by atoms with Crippen LogP contribution in [0.25, 0.3) is 0 Å². The van der Waals surface area contributed by atoms with Crippen LogP contribution in [0.3, 0.4) is 0 Å². The fourth-order valence-corrected chi connectivity index (χ4v) is 4.34. The first-order valence-corrected chi connectivity index (χ1v) is 7.26. The van der Waals surface area contributed by atoms with Gasteiger partial charge in [0.1, 0.15) is 0 Å². The lowest BCUT2D eigenvalue weighted by molar-refractivity contribution is -0.357. The maximum absolute atomic E-state index is 9.80. The first-order valence-electron chi connectivity index (χ1n) is 7.26. The molecule has 1 aliphatic carbocycles. The van der Waals surface area contributed by atoms with E-state index in [9.17, 15) is 15.8 Å². The lowest BCUT2D eigenvalue weighted by atomic mass is 9.48. The third-order valence-electron chi connectivity index (χ3n) is 5.30. The van der Waals surface area contributed by atoms with Gasteiger partial charge in [-0.3, -0.25) is 5.41 Å². The van der Waals surface area contributed by atoms with Crippen LogP contribution in [-0.4, -0.2) is 17.8 Å². The Morgan fingerprint density at radius 3 is 2.52 bits per heavy atom. The summed E-state index contributed by atoms with van der Waals surface area (Å²) in [5.74, 6) is -1.84. The van der Waals surface area contributed by atoms with Crippen LogP contribution in [0.15, 0.2) is 0 Å². The van der Waals surface area contributed by atoms with Gasteiger partial charge in [-0.2, -0.15) is 15.8 Å². The maximum Gasteiger partial charge on any atom is 0.217 e. The molecule has 0 aromatic heterocycles. The van der Waals surface area contributed by atoms with Crippen LogP contribution in [0.5, 0.6) is 0 Å². The molecule has 3 heterocycles. The zero-order valence-electron chi connectivity index (χ0n) is 11.8. The quantitative estimate of drug-likeness (QED) is 0.793. The Labute approximate surface area is 123 Å². The summed E-state index contributed by atoms with van der Waals surface area (Å²) in [6, 6.07) is 6.25. The highest BCUT2D eigenvalue weighted by molar-refractivity contribution is 5.88. The molecule has 4 aliphatic rings. The number of nitriles is 3. The molecular weight excluding hydrogens is 268 g/mol. The van der Waals surface area contributed by atoms with Gasteiger partial charge < -0.3 is 9.47 Å². The largest absolute Gasteiger partial charge is 0.447 e. The highest BCUT2D eigenvalue weighted by Crippen LogP contribution is 2.66. The number of fused-ring (bicyclic) bond motifs is 2. The van der Waals surface area contributed by atoms with E-state index in [1.165, 1.54) is 0 Å². The van der Waals surface area contributed by atoms with Gasteiger partial charge in [-0.1, -0.05) is 13.3 Å². The van der Waals surface area contributed by atoms with E-state index in [1.807, 2.05) is 6.92 Å². The molecule has 1 N–H and O–H groups in total. The van der Waals surface area contributed by atoms with Crippen LogP contribution >= 0.6 is 0 Å². The second-order valence-electron chi connectivity index (χ2n) is 6.01. The van der Waals surface area contributed by atoms with Gasteiger partial charge in [-0.25, -0.2) is 0 Å². The molecular formula is C15H16N4O2. The summed E-state index contributed by atoms with van der Waals surface area (Å²) >= 11 is 0. The lowest BCUT2D eigenvalue weighted by Gasteiger charge is -2.63. The number of ether oxygens (including phenoxy) is 2. The maximum atomic E-state index is 9.80. The number of hydrogen-bond donors (Lipinski definition) is 1. The van der Waals surface area contributed by atoms with Gasteiger partial charge in [0.05, 0.1) is 30.2 Å². The molecule has 0 unspecified atom stereocenters. The summed E-state index contributed by atoms with van der Waals surface area (Å²) in [5, 5.41) is 37.6. The number of nitrogens with zero attached hydrogens (tertiary/aromatic N) is 3. The Bertz CT molecular complexity index is 611. The monoisotopic (exact) mass is 284 g/mol. The van der Waals surface area contributed by atoms with Crippen molar-refractivity contribution < 1.29 is 9.47 Å². The summed E-state index contributed by atoms with van der Waals surface area (Å²) in [4.78, 5) is 0. The molecule has 0 aromatic carbocycles. The molecule has 108 valence electrons. The van der Waals surface area contributed by atoms with Gasteiger partial charge in [-0.05, 0) is 19.3 Å². The van der Waals surface area contributed by atoms with Crippen LogP contribution in [0.1, 0.15) is 39.0 Å². The van der Waals surface area contributed by atoms with E-state index in [4.69, 9.17) is 14.9 Å². The molecule has 0 aromatic rings. The molecule has 2 bridgehead atoms. The zero-order valence-corrected chi connectivity index (χ0v) is 11.8. The van der Waals surface area contributed by atoms with Crippen molar-refractivity contribution in [3.63, 3.8) is 0 Å². The molecule has 3 aliphatic heterocycles. The highest BCUT2D eigenvalue weighted by atomic mass is 16.7. The second-order valence-corrected chi connectivity index (χ2v) is 6.01. The summed E-state index contributed by atoms with van der Waals surface area (Å²) < 4.78 is 11.8. The zero-order chi connectivity index (χ0) is 15.3. The molecule has 1 spiro atoms. The lowest BCUT2D eigenvalue weighted by Crippen LogP contribution is -2.75. The fourth-order valence-electron chi connectivity index (χ4n) is 4.34. The molecule has 1 saturated carbocycles. The minimum atomic E-state index is -1.63. The first kappa shape index (κ1) is 13.9. The molecule has 0 radical (unpaired) electrons. The molecule has 4 fully saturated rings. The third-order valence-corrected chi connectivity index (χ3v) is 5.30. The average Bonchev–Trinajstić information content (AvgIpc) is 2.52. The van der Waals surface area contributed by atoms with E-state index in [1.54, 1.807) is 0 Å². The standard InChI is InChI=1S/C15H16N4O2/c1-2-11-14(9-18)12(19)21-15(20-11)6-4-3-5-10(15)13(14,7-16)8-17/h10-11,19H,2-6H2,1H3/t10-,11-,14+,15+/m0/s1. The Hall–Kier alpha value is -2.10. The predicted octanol–water partition coefficient (Wildman–Crippen LogP) is 2.23. The molecule has 3 saturated heterocycles. The van der Waals surface area contributed by atoms with Gasteiger partial charge in [-0.15, -0.1) is 0 Å². The molecule has 21 heavy (non-hydrogen) atoms. The van der Waals surface area contributed by atoms with Crippen molar-refractivity contribution in [2.45, 2.75) is 50.9 Å². The second kappa shape index (κ2) is 4.20. The number of rotatable bonds is 1. The highest BCUT2D eigenvalue weighted by Gasteiger charge is 2.79. The molecule has 6 nitrogen and oxygen atoms in total. The van der Waals surface area contributed by atoms with E-state index in [0.29, 0.717) is 19.3 Å². The van der Waals surface area contributed by atoms with Gasteiger partial charge in [0, 0.05) is 6.42 Å². The summed E-state index contributed by atoms with van der Waals surface area (Å²) in [7, 11) is 0. The van der Waals surface area contributed by atoms with Crippen molar-refractivity contribution in [1.82, 2.24) is 0 Å². The van der Waals surface area contributed by atoms with Gasteiger partial charge in [0.2, 0.25) is 11.7 Å². The summed E-state index contributed by atoms with van der Waals surface area (Å²) in [6.07, 6.45) is 2.70. The Balaban J connectivity index is 2.31. The van der Waals surface area contributed by atoms with E-state index in [2.05, 4.69) is 18.2 Å². The fraction of sp³-hybridized carbons (Fsp3) is 0.733. The van der Waals surface area contributed by atoms with Crippen LogP contribution in [0, 0.1) is 56.2 Å². The van der Waals surface area contributed by atoms with Gasteiger partial charge in [0.25, 0.3) is 0 Å². The Morgan fingerprint density at radius 1 is 1.24 bits per heavy atom. The topological polar surface area (TPSA) is 114 Å². The van der Waals surface area contributed by atoms with Crippen LogP contribution in [0.2, 0.25) is 0 Å². The van der Waals surface area contributed by atoms with Crippen molar-refractivity contribution in [2.24, 2.45) is 16.7 Å². The third kappa shape index (κ3) is 1.26. The minimum absolute atomic E-state index is 0.274. The Kier molecular flexibility index (Phi) is 2.77. The van der Waals surface area contributed by atoms with Gasteiger partial charge in [0.15, 0.2) is 10.8 Å². The van der Waals surface area contributed by atoms with Crippen molar-refractivity contribution in [3.05, 3.63) is 0 Å². The van der Waals surface area contributed by atoms with Crippen LogP contribution < -0.4 is 0 Å². The minimum Gasteiger partial charge on any atom is -0.447 e. The van der Waals surface area contributed by atoms with E-state index in [-0.39, 0.29) is 5.90 Å². The first-order chi connectivity index (χ1) is 10.1.